The van der Waals surface area contributed by atoms with Crippen molar-refractivity contribution in [1.82, 2.24) is 4.90 Å². The van der Waals surface area contributed by atoms with Crippen LogP contribution >= 0.6 is 11.6 Å². The minimum absolute atomic E-state index is 0.0904. The van der Waals surface area contributed by atoms with Gasteiger partial charge in [0.2, 0.25) is 5.91 Å². The van der Waals surface area contributed by atoms with Crippen molar-refractivity contribution >= 4 is 17.5 Å². The lowest BCUT2D eigenvalue weighted by molar-refractivity contribution is -0.131. The van der Waals surface area contributed by atoms with Gasteiger partial charge in [0.05, 0.1) is 6.54 Å². The molecule has 0 fully saturated rings. The van der Waals surface area contributed by atoms with Gasteiger partial charge in [-0.3, -0.25) is 4.79 Å². The van der Waals surface area contributed by atoms with Crippen molar-refractivity contribution in [2.75, 3.05) is 26.7 Å². The topological polar surface area (TPSA) is 55.6 Å². The minimum atomic E-state index is 0.0904. The average molecular weight is 285 g/mol. The molecule has 4 nitrogen and oxygen atoms in total. The molecule has 1 atom stereocenters. The molecule has 5 heteroatoms. The number of likely N-dealkylation sites (N-methyl/N-ethyl adjacent to an activating group) is 1. The fraction of sp³-hybridized carbons (Fsp3) is 0.500. The molecular weight excluding hydrogens is 264 g/mol. The molecule has 0 aromatic heterocycles. The van der Waals surface area contributed by atoms with Gasteiger partial charge in [0.15, 0.2) is 0 Å². The molecule has 1 amide bonds. The fourth-order valence-corrected chi connectivity index (χ4v) is 1.70. The van der Waals surface area contributed by atoms with E-state index in [4.69, 9.17) is 22.1 Å². The Kier molecular flexibility index (Phi) is 6.67. The molecule has 0 heterocycles. The standard InChI is InChI=1S/C14H21ClN2O2/c1-11(10-16)8-14(18)17(2)6-7-19-13-5-3-4-12(15)9-13/h3-5,9,11H,6-8,10,16H2,1-2H3. The monoisotopic (exact) mass is 284 g/mol. The Labute approximate surface area is 119 Å². The normalized spacial score (nSPS) is 12.0. The van der Waals surface area contributed by atoms with Crippen molar-refractivity contribution in [2.45, 2.75) is 13.3 Å². The summed E-state index contributed by atoms with van der Waals surface area (Å²) in [6.45, 7) is 3.48. The van der Waals surface area contributed by atoms with Crippen LogP contribution < -0.4 is 10.5 Å². The molecule has 1 aromatic rings. The third kappa shape index (κ3) is 5.94. The number of hydrogen-bond donors (Lipinski definition) is 1. The Morgan fingerprint density at radius 2 is 2.26 bits per heavy atom. The van der Waals surface area contributed by atoms with Crippen molar-refractivity contribution in [1.29, 1.82) is 0 Å². The number of ether oxygens (including phenoxy) is 1. The Morgan fingerprint density at radius 1 is 1.53 bits per heavy atom. The van der Waals surface area contributed by atoms with E-state index in [1.54, 1.807) is 24.1 Å². The lowest BCUT2D eigenvalue weighted by Crippen LogP contribution is -2.32. The van der Waals surface area contributed by atoms with Gasteiger partial charge < -0.3 is 15.4 Å². The second-order valence-corrected chi connectivity index (χ2v) is 5.10. The molecule has 2 N–H and O–H groups in total. The van der Waals surface area contributed by atoms with Gasteiger partial charge in [-0.15, -0.1) is 0 Å². The zero-order valence-electron chi connectivity index (χ0n) is 11.4. The number of nitrogens with zero attached hydrogens (tertiary/aromatic N) is 1. The van der Waals surface area contributed by atoms with Crippen LogP contribution in [0.4, 0.5) is 0 Å². The van der Waals surface area contributed by atoms with Crippen molar-refractivity contribution in [3.63, 3.8) is 0 Å². The number of benzene rings is 1. The first-order chi connectivity index (χ1) is 9.02. The van der Waals surface area contributed by atoms with E-state index in [1.165, 1.54) is 0 Å². The first-order valence-corrected chi connectivity index (χ1v) is 6.73. The van der Waals surface area contributed by atoms with Crippen molar-refractivity contribution < 1.29 is 9.53 Å². The summed E-state index contributed by atoms with van der Waals surface area (Å²) < 4.78 is 5.54. The highest BCUT2D eigenvalue weighted by molar-refractivity contribution is 6.30. The average Bonchev–Trinajstić information content (AvgIpc) is 2.38. The maximum atomic E-state index is 11.8. The summed E-state index contributed by atoms with van der Waals surface area (Å²) in [6, 6.07) is 7.21. The summed E-state index contributed by atoms with van der Waals surface area (Å²) in [5.74, 6) is 1.01. The number of rotatable bonds is 7. The molecule has 1 unspecified atom stereocenters. The van der Waals surface area contributed by atoms with Crippen LogP contribution in [0.25, 0.3) is 0 Å². The van der Waals surface area contributed by atoms with Crippen LogP contribution in [0.15, 0.2) is 24.3 Å². The first kappa shape index (κ1) is 15.8. The van der Waals surface area contributed by atoms with E-state index in [0.29, 0.717) is 36.9 Å². The zero-order chi connectivity index (χ0) is 14.3. The Hall–Kier alpha value is -1.26. The van der Waals surface area contributed by atoms with Crippen LogP contribution in [-0.2, 0) is 4.79 Å². The summed E-state index contributed by atoms with van der Waals surface area (Å²) in [4.78, 5) is 13.5. The lowest BCUT2D eigenvalue weighted by atomic mass is 10.1. The maximum Gasteiger partial charge on any atom is 0.222 e. The van der Waals surface area contributed by atoms with Crippen LogP contribution in [0.5, 0.6) is 5.75 Å². The third-order valence-electron chi connectivity index (χ3n) is 2.84. The molecule has 1 aromatic carbocycles. The zero-order valence-corrected chi connectivity index (χ0v) is 12.2. The van der Waals surface area contributed by atoms with E-state index in [1.807, 2.05) is 19.1 Å². The van der Waals surface area contributed by atoms with Crippen molar-refractivity contribution in [3.8, 4) is 5.75 Å². The molecule has 1 rings (SSSR count). The van der Waals surface area contributed by atoms with Gasteiger partial charge in [-0.1, -0.05) is 24.6 Å². The third-order valence-corrected chi connectivity index (χ3v) is 3.08. The van der Waals surface area contributed by atoms with Gasteiger partial charge in [0.1, 0.15) is 12.4 Å². The van der Waals surface area contributed by atoms with Crippen molar-refractivity contribution in [2.24, 2.45) is 11.7 Å². The van der Waals surface area contributed by atoms with E-state index in [-0.39, 0.29) is 11.8 Å². The minimum Gasteiger partial charge on any atom is -0.492 e. The molecule has 106 valence electrons. The first-order valence-electron chi connectivity index (χ1n) is 6.35. The van der Waals surface area contributed by atoms with Crippen LogP contribution in [0.2, 0.25) is 5.02 Å². The highest BCUT2D eigenvalue weighted by atomic mass is 35.5. The molecule has 19 heavy (non-hydrogen) atoms. The van der Waals surface area contributed by atoms with Crippen molar-refractivity contribution in [3.05, 3.63) is 29.3 Å². The van der Waals surface area contributed by atoms with E-state index < -0.39 is 0 Å². The van der Waals surface area contributed by atoms with Crippen LogP contribution in [0, 0.1) is 5.92 Å². The highest BCUT2D eigenvalue weighted by Crippen LogP contribution is 2.16. The summed E-state index contributed by atoms with van der Waals surface area (Å²) in [7, 11) is 1.77. The van der Waals surface area contributed by atoms with Gasteiger partial charge in [-0.25, -0.2) is 0 Å². The van der Waals surface area contributed by atoms with Gasteiger partial charge in [-0.05, 0) is 30.7 Å². The number of hydrogen-bond acceptors (Lipinski definition) is 3. The number of carbonyl (C=O) groups excluding carboxylic acids is 1. The van der Waals surface area contributed by atoms with Gasteiger partial charge in [0, 0.05) is 18.5 Å². The molecule has 0 aliphatic heterocycles. The lowest BCUT2D eigenvalue weighted by Gasteiger charge is -2.19. The SMILES string of the molecule is CC(CN)CC(=O)N(C)CCOc1cccc(Cl)c1. The second-order valence-electron chi connectivity index (χ2n) is 4.67. The van der Waals surface area contributed by atoms with E-state index in [2.05, 4.69) is 0 Å². The maximum absolute atomic E-state index is 11.8. The summed E-state index contributed by atoms with van der Waals surface area (Å²) in [6.07, 6.45) is 0.476. The van der Waals surface area contributed by atoms with E-state index in [9.17, 15) is 4.79 Å². The number of amides is 1. The van der Waals surface area contributed by atoms with Gasteiger partial charge in [-0.2, -0.15) is 0 Å². The largest absolute Gasteiger partial charge is 0.492 e. The predicted octanol–water partition coefficient (Wildman–Crippen LogP) is 2.16. The number of nitrogens with two attached hydrogens (primary N) is 1. The quantitative estimate of drug-likeness (QED) is 0.835. The molecule has 0 saturated heterocycles. The van der Waals surface area contributed by atoms with Gasteiger partial charge in [0.25, 0.3) is 0 Å². The van der Waals surface area contributed by atoms with Crippen LogP contribution in [-0.4, -0.2) is 37.6 Å². The molecule has 0 bridgehead atoms. The predicted molar refractivity (Wildman–Crippen MR) is 77.4 cm³/mol. The molecule has 0 spiro atoms. The highest BCUT2D eigenvalue weighted by Gasteiger charge is 2.12. The number of halogens is 1. The molecular formula is C14H21ClN2O2. The van der Waals surface area contributed by atoms with Crippen LogP contribution in [0.1, 0.15) is 13.3 Å². The molecule has 0 saturated carbocycles. The summed E-state index contributed by atoms with van der Waals surface area (Å²) in [5, 5.41) is 0.638. The molecule has 0 aliphatic rings. The summed E-state index contributed by atoms with van der Waals surface area (Å²) in [5.41, 5.74) is 5.50. The van der Waals surface area contributed by atoms with E-state index >= 15 is 0 Å². The Balaban J connectivity index is 2.30. The number of carbonyl (C=O) groups is 1. The second kappa shape index (κ2) is 8.02. The fourth-order valence-electron chi connectivity index (χ4n) is 1.52. The Bertz CT molecular complexity index is 412. The molecule has 0 radical (unpaired) electrons. The molecule has 0 aliphatic carbocycles. The smallest absolute Gasteiger partial charge is 0.222 e. The van der Waals surface area contributed by atoms with Crippen LogP contribution in [0.3, 0.4) is 0 Å². The van der Waals surface area contributed by atoms with E-state index in [0.717, 1.165) is 0 Å². The van der Waals surface area contributed by atoms with Gasteiger partial charge >= 0.3 is 0 Å². The summed E-state index contributed by atoms with van der Waals surface area (Å²) >= 11 is 5.85. The Morgan fingerprint density at radius 3 is 2.89 bits per heavy atom.